The van der Waals surface area contributed by atoms with Crippen LogP contribution in [0.25, 0.3) is 33.3 Å². The molecule has 5 rings (SSSR count). The Morgan fingerprint density at radius 3 is 2.11 bits per heavy atom. The smallest absolute Gasteiger partial charge is 0.339 e. The Kier molecular flexibility index (Phi) is 6.42. The molecule has 0 saturated carbocycles. The number of hydrogen-bond acceptors (Lipinski definition) is 4. The number of ketones is 1. The largest absolute Gasteiger partial charge is 0.454 e. The number of hydrogen-bond donors (Lipinski definition) is 0. The molecule has 0 atom stereocenters. The van der Waals surface area contributed by atoms with Crippen LogP contribution in [0.4, 0.5) is 0 Å². The van der Waals surface area contributed by atoms with Gasteiger partial charge in [-0.05, 0) is 54.3 Å². The van der Waals surface area contributed by atoms with Crippen LogP contribution in [0.15, 0.2) is 103 Å². The Morgan fingerprint density at radius 2 is 1.36 bits per heavy atom. The predicted molar refractivity (Wildman–Crippen MR) is 143 cm³/mol. The maximum absolute atomic E-state index is 13.1. The van der Waals surface area contributed by atoms with Gasteiger partial charge in [0, 0.05) is 16.5 Å². The van der Waals surface area contributed by atoms with Crippen molar-refractivity contribution in [3.05, 3.63) is 125 Å². The normalized spacial score (nSPS) is 10.8. The standard InChI is InChI=1S/C32H25NO3/c1-21-12-13-26(18-22(21)2)30-19-28(27-10-6-7-11-29(27)33-30)32(35)36-20-31(34)25-16-14-24(15-17-25)23-8-4-3-5-9-23/h3-19H,20H2,1-2H3. The molecule has 0 unspecified atom stereocenters. The number of para-hydroxylation sites is 1. The van der Waals surface area contributed by atoms with Crippen LogP contribution in [0, 0.1) is 13.8 Å². The van der Waals surface area contributed by atoms with Crippen LogP contribution in [0.3, 0.4) is 0 Å². The fourth-order valence-electron chi connectivity index (χ4n) is 4.16. The molecule has 0 radical (unpaired) electrons. The Hall–Kier alpha value is -4.57. The fourth-order valence-corrected chi connectivity index (χ4v) is 4.16. The molecule has 0 spiro atoms. The second-order valence-electron chi connectivity index (χ2n) is 8.81. The number of pyridine rings is 1. The summed E-state index contributed by atoms with van der Waals surface area (Å²) in [5.41, 5.74) is 7.63. The minimum absolute atomic E-state index is 0.254. The van der Waals surface area contributed by atoms with E-state index in [1.54, 1.807) is 18.2 Å². The monoisotopic (exact) mass is 471 g/mol. The van der Waals surface area contributed by atoms with Crippen molar-refractivity contribution >= 4 is 22.7 Å². The fraction of sp³-hybridized carbons (Fsp3) is 0.0938. The highest BCUT2D eigenvalue weighted by Crippen LogP contribution is 2.27. The molecular weight excluding hydrogens is 446 g/mol. The third kappa shape index (κ3) is 4.80. The molecule has 4 heteroatoms. The number of carbonyl (C=O) groups is 2. The SMILES string of the molecule is Cc1ccc(-c2cc(C(=O)OCC(=O)c3ccc(-c4ccccc4)cc3)c3ccccc3n2)cc1C. The van der Waals surface area contributed by atoms with Gasteiger partial charge in [0.2, 0.25) is 0 Å². The second-order valence-corrected chi connectivity index (χ2v) is 8.81. The lowest BCUT2D eigenvalue weighted by Crippen LogP contribution is -2.15. The molecule has 0 N–H and O–H groups in total. The summed E-state index contributed by atoms with van der Waals surface area (Å²) in [7, 11) is 0. The summed E-state index contributed by atoms with van der Waals surface area (Å²) in [6.07, 6.45) is 0. The Labute approximate surface area is 210 Å². The molecule has 0 fully saturated rings. The number of aryl methyl sites for hydroxylation is 2. The zero-order valence-electron chi connectivity index (χ0n) is 20.2. The molecular formula is C32H25NO3. The van der Waals surface area contributed by atoms with Crippen LogP contribution in [0.2, 0.25) is 0 Å². The number of ether oxygens (including phenoxy) is 1. The lowest BCUT2D eigenvalue weighted by Gasteiger charge is -2.11. The third-order valence-corrected chi connectivity index (χ3v) is 6.39. The highest BCUT2D eigenvalue weighted by atomic mass is 16.5. The van der Waals surface area contributed by atoms with Gasteiger partial charge in [-0.25, -0.2) is 9.78 Å². The first-order valence-corrected chi connectivity index (χ1v) is 11.8. The van der Waals surface area contributed by atoms with Crippen molar-refractivity contribution in [2.75, 3.05) is 6.61 Å². The highest BCUT2D eigenvalue weighted by Gasteiger charge is 2.17. The topological polar surface area (TPSA) is 56.3 Å². The number of Topliss-reactive ketones (excluding diaryl/α,β-unsaturated/α-hetero) is 1. The summed E-state index contributed by atoms with van der Waals surface area (Å²) in [6.45, 7) is 3.77. The average molecular weight is 472 g/mol. The predicted octanol–water partition coefficient (Wildman–Crippen LogP) is 7.23. The molecule has 0 bridgehead atoms. The minimum Gasteiger partial charge on any atom is -0.454 e. The molecule has 1 aromatic heterocycles. The molecule has 0 amide bonds. The van der Waals surface area contributed by atoms with E-state index in [-0.39, 0.29) is 12.4 Å². The average Bonchev–Trinajstić information content (AvgIpc) is 2.93. The van der Waals surface area contributed by atoms with Gasteiger partial charge in [0.1, 0.15) is 0 Å². The zero-order chi connectivity index (χ0) is 25.1. The Balaban J connectivity index is 1.37. The van der Waals surface area contributed by atoms with Crippen molar-refractivity contribution in [2.45, 2.75) is 13.8 Å². The summed E-state index contributed by atoms with van der Waals surface area (Å²) in [5, 5.41) is 0.690. The van der Waals surface area contributed by atoms with E-state index in [0.717, 1.165) is 22.3 Å². The van der Waals surface area contributed by atoms with E-state index >= 15 is 0 Å². The first-order chi connectivity index (χ1) is 17.5. The first-order valence-electron chi connectivity index (χ1n) is 11.8. The van der Waals surface area contributed by atoms with Crippen molar-refractivity contribution in [3.8, 4) is 22.4 Å². The number of esters is 1. The first kappa shape index (κ1) is 23.2. The van der Waals surface area contributed by atoms with E-state index in [1.807, 2.05) is 85.8 Å². The Morgan fingerprint density at radius 1 is 0.694 bits per heavy atom. The van der Waals surface area contributed by atoms with Crippen LogP contribution in [-0.2, 0) is 4.74 Å². The molecule has 0 saturated heterocycles. The van der Waals surface area contributed by atoms with Gasteiger partial charge in [-0.3, -0.25) is 4.79 Å². The van der Waals surface area contributed by atoms with Crippen LogP contribution < -0.4 is 0 Å². The quantitative estimate of drug-likeness (QED) is 0.194. The number of carbonyl (C=O) groups excluding carboxylic acids is 2. The van der Waals surface area contributed by atoms with E-state index in [2.05, 4.69) is 13.0 Å². The van der Waals surface area contributed by atoms with Crippen LogP contribution >= 0.6 is 0 Å². The van der Waals surface area contributed by atoms with Crippen molar-refractivity contribution in [1.29, 1.82) is 0 Å². The van der Waals surface area contributed by atoms with Crippen molar-refractivity contribution in [2.24, 2.45) is 0 Å². The summed E-state index contributed by atoms with van der Waals surface area (Å²) >= 11 is 0. The van der Waals surface area contributed by atoms with Gasteiger partial charge in [0.15, 0.2) is 12.4 Å². The third-order valence-electron chi connectivity index (χ3n) is 6.39. The molecule has 0 aliphatic heterocycles. The number of benzene rings is 4. The molecule has 36 heavy (non-hydrogen) atoms. The number of aromatic nitrogens is 1. The van der Waals surface area contributed by atoms with Gasteiger partial charge >= 0.3 is 5.97 Å². The molecule has 1 heterocycles. The van der Waals surface area contributed by atoms with Crippen LogP contribution in [0.5, 0.6) is 0 Å². The van der Waals surface area contributed by atoms with E-state index in [4.69, 9.17) is 9.72 Å². The molecule has 0 aliphatic carbocycles. The number of rotatable bonds is 6. The van der Waals surface area contributed by atoms with Gasteiger partial charge in [-0.2, -0.15) is 0 Å². The summed E-state index contributed by atoms with van der Waals surface area (Å²) in [6, 6.07) is 32.6. The molecule has 176 valence electrons. The number of fused-ring (bicyclic) bond motifs is 1. The summed E-state index contributed by atoms with van der Waals surface area (Å²) in [5.74, 6) is -0.802. The van der Waals surface area contributed by atoms with Gasteiger partial charge in [-0.1, -0.05) is 84.9 Å². The van der Waals surface area contributed by atoms with E-state index in [0.29, 0.717) is 27.7 Å². The van der Waals surface area contributed by atoms with Crippen LogP contribution in [-0.4, -0.2) is 23.3 Å². The minimum atomic E-state index is -0.548. The van der Waals surface area contributed by atoms with E-state index in [9.17, 15) is 9.59 Å². The molecule has 0 aliphatic rings. The van der Waals surface area contributed by atoms with Crippen molar-refractivity contribution in [1.82, 2.24) is 4.98 Å². The van der Waals surface area contributed by atoms with Gasteiger partial charge in [0.05, 0.1) is 16.8 Å². The Bertz CT molecular complexity index is 1570. The lowest BCUT2D eigenvalue weighted by atomic mass is 10.0. The molecule has 4 aromatic carbocycles. The maximum atomic E-state index is 13.1. The lowest BCUT2D eigenvalue weighted by molar-refractivity contribution is 0.0476. The van der Waals surface area contributed by atoms with Crippen molar-refractivity contribution in [3.63, 3.8) is 0 Å². The maximum Gasteiger partial charge on any atom is 0.339 e. The highest BCUT2D eigenvalue weighted by molar-refractivity contribution is 6.06. The van der Waals surface area contributed by atoms with Crippen molar-refractivity contribution < 1.29 is 14.3 Å². The van der Waals surface area contributed by atoms with Gasteiger partial charge in [-0.15, -0.1) is 0 Å². The molecule has 5 aromatic rings. The molecule has 4 nitrogen and oxygen atoms in total. The summed E-state index contributed by atoms with van der Waals surface area (Å²) < 4.78 is 5.48. The van der Waals surface area contributed by atoms with Gasteiger partial charge < -0.3 is 4.74 Å². The van der Waals surface area contributed by atoms with E-state index < -0.39 is 5.97 Å². The van der Waals surface area contributed by atoms with E-state index in [1.165, 1.54) is 5.56 Å². The summed E-state index contributed by atoms with van der Waals surface area (Å²) in [4.78, 5) is 30.7. The van der Waals surface area contributed by atoms with Crippen LogP contribution in [0.1, 0.15) is 31.8 Å². The van der Waals surface area contributed by atoms with Gasteiger partial charge in [0.25, 0.3) is 0 Å². The zero-order valence-corrected chi connectivity index (χ0v) is 20.2. The second kappa shape index (κ2) is 9.96. The number of nitrogens with zero attached hydrogens (tertiary/aromatic N) is 1.